The first-order valence-corrected chi connectivity index (χ1v) is 5.47. The lowest BCUT2D eigenvalue weighted by Gasteiger charge is -2.05. The van der Waals surface area contributed by atoms with E-state index in [-0.39, 0.29) is 11.9 Å². The standard InChI is InChI=1S/C13H16N2O/c1-8(2)14-13(16)11-7-10-6-4-5-9(3)12(10)15-11/h4-8,15H,1-3H3,(H,14,16). The van der Waals surface area contributed by atoms with E-state index in [0.29, 0.717) is 5.69 Å². The Hall–Kier alpha value is -1.77. The van der Waals surface area contributed by atoms with Crippen molar-refractivity contribution in [2.75, 3.05) is 0 Å². The number of hydrogen-bond acceptors (Lipinski definition) is 1. The Labute approximate surface area is 94.9 Å². The van der Waals surface area contributed by atoms with Crippen LogP contribution in [0.3, 0.4) is 0 Å². The molecule has 1 amide bonds. The molecular formula is C13H16N2O. The monoisotopic (exact) mass is 216 g/mol. The van der Waals surface area contributed by atoms with Crippen LogP contribution < -0.4 is 5.32 Å². The third-order valence-electron chi connectivity index (χ3n) is 2.53. The number of benzene rings is 1. The average molecular weight is 216 g/mol. The Kier molecular flexibility index (Phi) is 2.69. The molecule has 0 aliphatic carbocycles. The largest absolute Gasteiger partial charge is 0.350 e. The van der Waals surface area contributed by atoms with Gasteiger partial charge in [0.15, 0.2) is 0 Å². The number of H-pyrrole nitrogens is 1. The second-order valence-electron chi connectivity index (χ2n) is 4.35. The van der Waals surface area contributed by atoms with Crippen molar-refractivity contribution in [2.24, 2.45) is 0 Å². The van der Waals surface area contributed by atoms with Crippen LogP contribution in [0, 0.1) is 6.92 Å². The van der Waals surface area contributed by atoms with Crippen LogP contribution in [-0.2, 0) is 0 Å². The van der Waals surface area contributed by atoms with Crippen molar-refractivity contribution in [1.82, 2.24) is 10.3 Å². The SMILES string of the molecule is Cc1cccc2cc(C(=O)NC(C)C)[nH]c12. The van der Waals surface area contributed by atoms with E-state index in [4.69, 9.17) is 0 Å². The molecule has 0 spiro atoms. The molecule has 2 N–H and O–H groups in total. The van der Waals surface area contributed by atoms with Crippen molar-refractivity contribution in [3.05, 3.63) is 35.5 Å². The number of rotatable bonds is 2. The van der Waals surface area contributed by atoms with Crippen LogP contribution in [-0.4, -0.2) is 16.9 Å². The number of fused-ring (bicyclic) bond motifs is 1. The van der Waals surface area contributed by atoms with Gasteiger partial charge in [0.05, 0.1) is 0 Å². The summed E-state index contributed by atoms with van der Waals surface area (Å²) in [5.74, 6) is -0.0504. The molecule has 0 unspecified atom stereocenters. The van der Waals surface area contributed by atoms with E-state index in [9.17, 15) is 4.79 Å². The summed E-state index contributed by atoms with van der Waals surface area (Å²) in [6, 6.07) is 8.07. The van der Waals surface area contributed by atoms with Crippen molar-refractivity contribution < 1.29 is 4.79 Å². The van der Waals surface area contributed by atoms with E-state index in [1.165, 1.54) is 0 Å². The molecule has 3 nitrogen and oxygen atoms in total. The summed E-state index contributed by atoms with van der Waals surface area (Å²) in [7, 11) is 0. The van der Waals surface area contributed by atoms with Gasteiger partial charge < -0.3 is 10.3 Å². The first-order chi connectivity index (χ1) is 7.58. The zero-order valence-corrected chi connectivity index (χ0v) is 9.79. The molecule has 2 aromatic rings. The summed E-state index contributed by atoms with van der Waals surface area (Å²) in [5, 5.41) is 3.95. The zero-order valence-electron chi connectivity index (χ0n) is 9.79. The lowest BCUT2D eigenvalue weighted by atomic mass is 10.2. The van der Waals surface area contributed by atoms with E-state index < -0.39 is 0 Å². The molecule has 1 aromatic carbocycles. The fraction of sp³-hybridized carbons (Fsp3) is 0.308. The molecule has 0 radical (unpaired) electrons. The number of para-hydroxylation sites is 1. The summed E-state index contributed by atoms with van der Waals surface area (Å²) < 4.78 is 0. The van der Waals surface area contributed by atoms with Gasteiger partial charge in [0.25, 0.3) is 5.91 Å². The van der Waals surface area contributed by atoms with Gasteiger partial charge in [-0.3, -0.25) is 4.79 Å². The Morgan fingerprint density at radius 3 is 2.75 bits per heavy atom. The molecule has 0 saturated heterocycles. The second-order valence-corrected chi connectivity index (χ2v) is 4.35. The number of carbonyl (C=O) groups is 1. The minimum Gasteiger partial charge on any atom is -0.350 e. The van der Waals surface area contributed by atoms with Crippen LogP contribution in [0.15, 0.2) is 24.3 Å². The number of nitrogens with one attached hydrogen (secondary N) is 2. The highest BCUT2D eigenvalue weighted by molar-refractivity contribution is 5.98. The fourth-order valence-corrected chi connectivity index (χ4v) is 1.77. The molecule has 3 heteroatoms. The number of aryl methyl sites for hydroxylation is 1. The predicted molar refractivity (Wildman–Crippen MR) is 65.6 cm³/mol. The van der Waals surface area contributed by atoms with Crippen molar-refractivity contribution in [3.63, 3.8) is 0 Å². The second kappa shape index (κ2) is 4.00. The van der Waals surface area contributed by atoms with Crippen molar-refractivity contribution in [2.45, 2.75) is 26.8 Å². The Bertz CT molecular complexity index is 526. The Balaban J connectivity index is 2.40. The predicted octanol–water partition coefficient (Wildman–Crippen LogP) is 2.61. The average Bonchev–Trinajstić information content (AvgIpc) is 2.61. The topological polar surface area (TPSA) is 44.9 Å². The molecular weight excluding hydrogens is 200 g/mol. The van der Waals surface area contributed by atoms with E-state index in [1.807, 2.05) is 45.0 Å². The normalized spacial score (nSPS) is 11.0. The van der Waals surface area contributed by atoms with Crippen LogP contribution in [0.1, 0.15) is 29.9 Å². The van der Waals surface area contributed by atoms with Gasteiger partial charge in [0.1, 0.15) is 5.69 Å². The van der Waals surface area contributed by atoms with Crippen molar-refractivity contribution in [1.29, 1.82) is 0 Å². The van der Waals surface area contributed by atoms with Crippen molar-refractivity contribution in [3.8, 4) is 0 Å². The van der Waals surface area contributed by atoms with Crippen LogP contribution in [0.2, 0.25) is 0 Å². The third-order valence-corrected chi connectivity index (χ3v) is 2.53. The van der Waals surface area contributed by atoms with Gasteiger partial charge >= 0.3 is 0 Å². The van der Waals surface area contributed by atoms with Crippen LogP contribution >= 0.6 is 0 Å². The Morgan fingerprint density at radius 2 is 2.12 bits per heavy atom. The zero-order chi connectivity index (χ0) is 11.7. The molecule has 0 bridgehead atoms. The number of aromatic amines is 1. The van der Waals surface area contributed by atoms with Crippen LogP contribution in [0.5, 0.6) is 0 Å². The minimum atomic E-state index is -0.0504. The van der Waals surface area contributed by atoms with Gasteiger partial charge in [-0.15, -0.1) is 0 Å². The van der Waals surface area contributed by atoms with E-state index in [0.717, 1.165) is 16.5 Å². The van der Waals surface area contributed by atoms with E-state index >= 15 is 0 Å². The van der Waals surface area contributed by atoms with Gasteiger partial charge in [0, 0.05) is 16.9 Å². The summed E-state index contributed by atoms with van der Waals surface area (Å²) in [5.41, 5.74) is 2.82. The number of amides is 1. The molecule has 1 heterocycles. The molecule has 0 fully saturated rings. The van der Waals surface area contributed by atoms with Gasteiger partial charge in [-0.1, -0.05) is 18.2 Å². The highest BCUT2D eigenvalue weighted by atomic mass is 16.1. The smallest absolute Gasteiger partial charge is 0.267 e. The Morgan fingerprint density at radius 1 is 1.38 bits per heavy atom. The molecule has 0 atom stereocenters. The maximum absolute atomic E-state index is 11.8. The van der Waals surface area contributed by atoms with Crippen LogP contribution in [0.4, 0.5) is 0 Å². The molecule has 2 rings (SSSR count). The summed E-state index contributed by atoms with van der Waals surface area (Å²) in [6.45, 7) is 5.93. The lowest BCUT2D eigenvalue weighted by Crippen LogP contribution is -2.30. The molecule has 0 aliphatic heterocycles. The maximum Gasteiger partial charge on any atom is 0.267 e. The quantitative estimate of drug-likeness (QED) is 0.796. The summed E-state index contributed by atoms with van der Waals surface area (Å²) in [4.78, 5) is 15.0. The fourth-order valence-electron chi connectivity index (χ4n) is 1.77. The number of carbonyl (C=O) groups excluding carboxylic acids is 1. The first kappa shape index (κ1) is 10.7. The molecule has 84 valence electrons. The molecule has 0 aliphatic rings. The summed E-state index contributed by atoms with van der Waals surface area (Å²) >= 11 is 0. The number of aromatic nitrogens is 1. The maximum atomic E-state index is 11.8. The van der Waals surface area contributed by atoms with Gasteiger partial charge in [-0.2, -0.15) is 0 Å². The van der Waals surface area contributed by atoms with E-state index in [1.54, 1.807) is 0 Å². The third kappa shape index (κ3) is 1.94. The molecule has 16 heavy (non-hydrogen) atoms. The van der Waals surface area contributed by atoms with Crippen LogP contribution in [0.25, 0.3) is 10.9 Å². The van der Waals surface area contributed by atoms with Crippen molar-refractivity contribution >= 4 is 16.8 Å². The lowest BCUT2D eigenvalue weighted by molar-refractivity contribution is 0.0939. The molecule has 0 saturated carbocycles. The van der Waals surface area contributed by atoms with Gasteiger partial charge in [-0.05, 0) is 32.4 Å². The van der Waals surface area contributed by atoms with E-state index in [2.05, 4.69) is 10.3 Å². The minimum absolute atomic E-state index is 0.0504. The first-order valence-electron chi connectivity index (χ1n) is 5.47. The highest BCUT2D eigenvalue weighted by Gasteiger charge is 2.10. The molecule has 1 aromatic heterocycles. The summed E-state index contributed by atoms with van der Waals surface area (Å²) in [6.07, 6.45) is 0. The number of hydrogen-bond donors (Lipinski definition) is 2. The van der Waals surface area contributed by atoms with Gasteiger partial charge in [-0.25, -0.2) is 0 Å². The van der Waals surface area contributed by atoms with Gasteiger partial charge in [0.2, 0.25) is 0 Å². The highest BCUT2D eigenvalue weighted by Crippen LogP contribution is 2.18.